The van der Waals surface area contributed by atoms with Gasteiger partial charge in [-0.05, 0) is 18.6 Å². The first kappa shape index (κ1) is 15.1. The van der Waals surface area contributed by atoms with Gasteiger partial charge in [-0.2, -0.15) is 9.37 Å². The fraction of sp³-hybridized carbons (Fsp3) is 0.214. The molecule has 0 atom stereocenters. The van der Waals surface area contributed by atoms with Crippen LogP contribution in [0.15, 0.2) is 24.3 Å². The van der Waals surface area contributed by atoms with Gasteiger partial charge in [-0.1, -0.05) is 13.0 Å². The minimum absolute atomic E-state index is 0.218. The van der Waals surface area contributed by atoms with E-state index in [-0.39, 0.29) is 5.82 Å². The van der Waals surface area contributed by atoms with Gasteiger partial charge >= 0.3 is 0 Å². The molecule has 0 saturated carbocycles. The van der Waals surface area contributed by atoms with E-state index in [9.17, 15) is 17.6 Å². The van der Waals surface area contributed by atoms with Crippen LogP contribution in [0, 0.1) is 23.3 Å². The summed E-state index contributed by atoms with van der Waals surface area (Å²) in [5.41, 5.74) is 0. The van der Waals surface area contributed by atoms with E-state index in [1.807, 2.05) is 6.92 Å². The number of ether oxygens (including phenoxy) is 1. The monoisotopic (exact) mass is 300 g/mol. The van der Waals surface area contributed by atoms with Crippen LogP contribution in [-0.4, -0.2) is 11.5 Å². The predicted molar refractivity (Wildman–Crippen MR) is 69.4 cm³/mol. The Kier molecular flexibility index (Phi) is 4.62. The minimum atomic E-state index is -1.27. The largest absolute Gasteiger partial charge is 0.433 e. The third-order valence-corrected chi connectivity index (χ3v) is 2.56. The van der Waals surface area contributed by atoms with Gasteiger partial charge in [-0.25, -0.2) is 13.2 Å². The third kappa shape index (κ3) is 3.42. The van der Waals surface area contributed by atoms with Crippen molar-refractivity contribution in [3.05, 3.63) is 47.5 Å². The quantitative estimate of drug-likeness (QED) is 0.838. The van der Waals surface area contributed by atoms with Crippen molar-refractivity contribution < 1.29 is 22.3 Å². The van der Waals surface area contributed by atoms with Crippen LogP contribution in [0.25, 0.3) is 0 Å². The Labute approximate surface area is 118 Å². The molecule has 2 rings (SSSR count). The van der Waals surface area contributed by atoms with Crippen LogP contribution in [0.2, 0.25) is 0 Å². The summed E-state index contributed by atoms with van der Waals surface area (Å²) in [6.07, 6.45) is 0.702. The van der Waals surface area contributed by atoms with Gasteiger partial charge in [0.2, 0.25) is 5.82 Å². The SMILES string of the molecule is CCCNc1nc(Oc2cccc(F)c2F)c(F)cc1F. The first-order valence-corrected chi connectivity index (χ1v) is 6.24. The van der Waals surface area contributed by atoms with Crippen LogP contribution in [0.3, 0.4) is 0 Å². The zero-order chi connectivity index (χ0) is 15.4. The number of hydrogen-bond acceptors (Lipinski definition) is 3. The van der Waals surface area contributed by atoms with Crippen molar-refractivity contribution in [2.75, 3.05) is 11.9 Å². The van der Waals surface area contributed by atoms with Crippen LogP contribution < -0.4 is 10.1 Å². The molecular formula is C14H12F4N2O. The van der Waals surface area contributed by atoms with Crippen LogP contribution >= 0.6 is 0 Å². The molecule has 0 fully saturated rings. The van der Waals surface area contributed by atoms with Gasteiger partial charge in [0, 0.05) is 12.6 Å². The summed E-state index contributed by atoms with van der Waals surface area (Å²) < 4.78 is 58.5. The maximum atomic E-state index is 13.6. The molecule has 7 heteroatoms. The second kappa shape index (κ2) is 6.43. The first-order chi connectivity index (χ1) is 10.0. The van der Waals surface area contributed by atoms with Crippen molar-refractivity contribution in [1.29, 1.82) is 0 Å². The fourth-order valence-corrected chi connectivity index (χ4v) is 1.56. The average Bonchev–Trinajstić information content (AvgIpc) is 2.45. The van der Waals surface area contributed by atoms with E-state index in [1.54, 1.807) is 0 Å². The lowest BCUT2D eigenvalue weighted by molar-refractivity contribution is 0.381. The molecule has 0 spiro atoms. The van der Waals surface area contributed by atoms with E-state index >= 15 is 0 Å². The van der Waals surface area contributed by atoms with Crippen molar-refractivity contribution in [2.45, 2.75) is 13.3 Å². The van der Waals surface area contributed by atoms with Crippen LogP contribution in [0.5, 0.6) is 11.6 Å². The lowest BCUT2D eigenvalue weighted by Crippen LogP contribution is -2.06. The highest BCUT2D eigenvalue weighted by atomic mass is 19.2. The highest BCUT2D eigenvalue weighted by Crippen LogP contribution is 2.28. The van der Waals surface area contributed by atoms with Crippen LogP contribution in [0.4, 0.5) is 23.4 Å². The zero-order valence-corrected chi connectivity index (χ0v) is 11.1. The molecule has 3 nitrogen and oxygen atoms in total. The van der Waals surface area contributed by atoms with Crippen molar-refractivity contribution in [1.82, 2.24) is 4.98 Å². The Hall–Kier alpha value is -2.31. The molecule has 112 valence electrons. The number of pyridine rings is 1. The number of halogens is 4. The maximum Gasteiger partial charge on any atom is 0.258 e. The molecule has 0 aliphatic rings. The average molecular weight is 300 g/mol. The smallest absolute Gasteiger partial charge is 0.258 e. The molecule has 1 N–H and O–H groups in total. The van der Waals surface area contributed by atoms with Crippen molar-refractivity contribution in [2.24, 2.45) is 0 Å². The topological polar surface area (TPSA) is 34.2 Å². The van der Waals surface area contributed by atoms with Crippen molar-refractivity contribution in [3.8, 4) is 11.6 Å². The van der Waals surface area contributed by atoms with Gasteiger partial charge < -0.3 is 10.1 Å². The predicted octanol–water partition coefficient (Wildman–Crippen LogP) is 4.25. The van der Waals surface area contributed by atoms with E-state index in [1.165, 1.54) is 6.07 Å². The third-order valence-electron chi connectivity index (χ3n) is 2.56. The number of anilines is 1. The standard InChI is InChI=1S/C14H12F4N2O/c1-2-6-19-13-9(16)7-10(17)14(20-13)21-11-5-3-4-8(15)12(11)18/h3-5,7H,2,6H2,1H3,(H,19,20). The highest BCUT2D eigenvalue weighted by molar-refractivity contribution is 5.41. The Morgan fingerprint density at radius 2 is 1.86 bits per heavy atom. The van der Waals surface area contributed by atoms with Crippen LogP contribution in [-0.2, 0) is 0 Å². The highest BCUT2D eigenvalue weighted by Gasteiger charge is 2.16. The molecule has 1 aromatic heterocycles. The van der Waals surface area contributed by atoms with Gasteiger partial charge in [-0.15, -0.1) is 0 Å². The van der Waals surface area contributed by atoms with E-state index < -0.39 is 34.9 Å². The summed E-state index contributed by atoms with van der Waals surface area (Å²) in [4.78, 5) is 3.60. The summed E-state index contributed by atoms with van der Waals surface area (Å²) in [5, 5.41) is 2.64. The molecular weight excluding hydrogens is 288 g/mol. The van der Waals surface area contributed by atoms with E-state index in [4.69, 9.17) is 4.74 Å². The molecule has 0 saturated heterocycles. The number of rotatable bonds is 5. The number of nitrogens with one attached hydrogen (secondary N) is 1. The van der Waals surface area contributed by atoms with E-state index in [0.717, 1.165) is 12.1 Å². The maximum absolute atomic E-state index is 13.6. The van der Waals surface area contributed by atoms with Crippen molar-refractivity contribution in [3.63, 3.8) is 0 Å². The lowest BCUT2D eigenvalue weighted by atomic mass is 10.3. The molecule has 0 unspecified atom stereocenters. The normalized spacial score (nSPS) is 10.5. The van der Waals surface area contributed by atoms with Crippen LogP contribution in [0.1, 0.15) is 13.3 Å². The second-order valence-electron chi connectivity index (χ2n) is 4.19. The lowest BCUT2D eigenvalue weighted by Gasteiger charge is -2.10. The number of hydrogen-bond donors (Lipinski definition) is 1. The second-order valence-corrected chi connectivity index (χ2v) is 4.19. The Morgan fingerprint density at radius 3 is 2.57 bits per heavy atom. The van der Waals surface area contributed by atoms with E-state index in [2.05, 4.69) is 10.3 Å². The number of aromatic nitrogens is 1. The molecule has 21 heavy (non-hydrogen) atoms. The van der Waals surface area contributed by atoms with Gasteiger partial charge in [0.1, 0.15) is 0 Å². The molecule has 0 aliphatic carbocycles. The minimum Gasteiger partial charge on any atom is -0.433 e. The number of benzene rings is 1. The van der Waals surface area contributed by atoms with Gasteiger partial charge in [-0.3, -0.25) is 0 Å². The zero-order valence-electron chi connectivity index (χ0n) is 11.1. The summed E-state index contributed by atoms with van der Waals surface area (Å²) in [7, 11) is 0. The van der Waals surface area contributed by atoms with Gasteiger partial charge in [0.15, 0.2) is 29.0 Å². The molecule has 0 amide bonds. The summed E-state index contributed by atoms with van der Waals surface area (Å²) in [5.74, 6) is -5.81. The summed E-state index contributed by atoms with van der Waals surface area (Å²) in [6, 6.07) is 3.77. The fourth-order valence-electron chi connectivity index (χ4n) is 1.56. The van der Waals surface area contributed by atoms with Crippen molar-refractivity contribution >= 4 is 5.82 Å². The summed E-state index contributed by atoms with van der Waals surface area (Å²) in [6.45, 7) is 2.28. The first-order valence-electron chi connectivity index (χ1n) is 6.24. The molecule has 1 aromatic carbocycles. The summed E-state index contributed by atoms with van der Waals surface area (Å²) >= 11 is 0. The van der Waals surface area contributed by atoms with Gasteiger partial charge in [0.05, 0.1) is 0 Å². The molecule has 0 radical (unpaired) electrons. The number of nitrogens with zero attached hydrogens (tertiary/aromatic N) is 1. The van der Waals surface area contributed by atoms with Gasteiger partial charge in [0.25, 0.3) is 5.88 Å². The molecule has 0 aliphatic heterocycles. The molecule has 1 heterocycles. The molecule has 2 aromatic rings. The molecule has 0 bridgehead atoms. The Morgan fingerprint density at radius 1 is 1.10 bits per heavy atom. The Balaban J connectivity index is 2.33. The van der Waals surface area contributed by atoms with E-state index in [0.29, 0.717) is 19.0 Å². The Bertz CT molecular complexity index is 649.